The molecule has 1 amide bonds. The second-order valence-corrected chi connectivity index (χ2v) is 3.34. The summed E-state index contributed by atoms with van der Waals surface area (Å²) < 4.78 is 4.89. The Morgan fingerprint density at radius 1 is 1.57 bits per heavy atom. The highest BCUT2D eigenvalue weighted by atomic mass is 16.5. The minimum Gasteiger partial charge on any atom is -0.463 e. The summed E-state index contributed by atoms with van der Waals surface area (Å²) in [5.41, 5.74) is 1.18. The van der Waals surface area contributed by atoms with E-state index in [0.29, 0.717) is 17.9 Å². The molecule has 4 heteroatoms. The molecule has 14 heavy (non-hydrogen) atoms. The van der Waals surface area contributed by atoms with Crippen molar-refractivity contribution in [2.45, 2.75) is 20.8 Å². The van der Waals surface area contributed by atoms with Crippen LogP contribution in [0.1, 0.15) is 20.8 Å². The zero-order chi connectivity index (χ0) is 10.9. The van der Waals surface area contributed by atoms with Gasteiger partial charge in [0.25, 0.3) is 0 Å². The fourth-order valence-corrected chi connectivity index (χ4v) is 1.61. The quantitative estimate of drug-likeness (QED) is 0.619. The van der Waals surface area contributed by atoms with Crippen molar-refractivity contribution in [3.05, 3.63) is 11.3 Å². The molecular weight excluding hydrogens is 182 g/mol. The number of hydrogen-bond acceptors (Lipinski definition) is 3. The van der Waals surface area contributed by atoms with Crippen LogP contribution in [0, 0.1) is 5.92 Å². The molecule has 0 fully saturated rings. The van der Waals surface area contributed by atoms with Crippen LogP contribution in [-0.4, -0.2) is 30.4 Å². The lowest BCUT2D eigenvalue weighted by atomic mass is 10.0. The van der Waals surface area contributed by atoms with Gasteiger partial charge < -0.3 is 9.64 Å². The zero-order valence-corrected chi connectivity index (χ0v) is 8.96. The van der Waals surface area contributed by atoms with Crippen LogP contribution in [0.25, 0.3) is 0 Å². The lowest BCUT2D eigenvalue weighted by Crippen LogP contribution is -2.23. The lowest BCUT2D eigenvalue weighted by molar-refractivity contribution is -0.140. The standard InChI is InChI=1S/C10H15NO3/c1-5-14-10(13)8-6(2)9(12)11(4)7(8)3/h6H,5H2,1-4H3. The number of ether oxygens (including phenoxy) is 1. The van der Waals surface area contributed by atoms with Gasteiger partial charge >= 0.3 is 5.97 Å². The second kappa shape index (κ2) is 3.82. The van der Waals surface area contributed by atoms with Crippen LogP contribution in [-0.2, 0) is 14.3 Å². The van der Waals surface area contributed by atoms with E-state index >= 15 is 0 Å². The molecule has 4 nitrogen and oxygen atoms in total. The zero-order valence-electron chi connectivity index (χ0n) is 8.96. The van der Waals surface area contributed by atoms with E-state index in [9.17, 15) is 9.59 Å². The van der Waals surface area contributed by atoms with E-state index in [2.05, 4.69) is 0 Å². The molecule has 1 rings (SSSR count). The SMILES string of the molecule is CCOC(=O)C1=C(C)N(C)C(=O)C1C. The van der Waals surface area contributed by atoms with Gasteiger partial charge in [-0.15, -0.1) is 0 Å². The van der Waals surface area contributed by atoms with E-state index in [1.165, 1.54) is 4.90 Å². The van der Waals surface area contributed by atoms with Gasteiger partial charge in [0.05, 0.1) is 18.1 Å². The van der Waals surface area contributed by atoms with E-state index in [0.717, 1.165) is 0 Å². The highest BCUT2D eigenvalue weighted by molar-refractivity contribution is 6.01. The lowest BCUT2D eigenvalue weighted by Gasteiger charge is -2.09. The first-order chi connectivity index (χ1) is 6.50. The summed E-state index contributed by atoms with van der Waals surface area (Å²) in [5.74, 6) is -0.806. The molecule has 0 spiro atoms. The van der Waals surface area contributed by atoms with Crippen LogP contribution in [0.5, 0.6) is 0 Å². The molecule has 1 atom stereocenters. The third kappa shape index (κ3) is 1.52. The average Bonchev–Trinajstić information content (AvgIpc) is 2.32. The van der Waals surface area contributed by atoms with Gasteiger partial charge in [0, 0.05) is 12.7 Å². The summed E-state index contributed by atoms with van der Waals surface area (Å²) in [7, 11) is 1.67. The summed E-state index contributed by atoms with van der Waals surface area (Å²) in [6.45, 7) is 5.56. The fourth-order valence-electron chi connectivity index (χ4n) is 1.61. The van der Waals surface area contributed by atoms with Crippen molar-refractivity contribution in [1.82, 2.24) is 4.90 Å². The molecular formula is C10H15NO3. The highest BCUT2D eigenvalue weighted by Crippen LogP contribution is 2.28. The van der Waals surface area contributed by atoms with Crippen LogP contribution in [0.2, 0.25) is 0 Å². The minimum absolute atomic E-state index is 0.0504. The predicted molar refractivity (Wildman–Crippen MR) is 51.3 cm³/mol. The smallest absolute Gasteiger partial charge is 0.336 e. The van der Waals surface area contributed by atoms with Crippen molar-refractivity contribution in [1.29, 1.82) is 0 Å². The Morgan fingerprint density at radius 3 is 2.50 bits per heavy atom. The molecule has 0 N–H and O–H groups in total. The first-order valence-corrected chi connectivity index (χ1v) is 4.66. The number of allylic oxidation sites excluding steroid dienone is 1. The fraction of sp³-hybridized carbons (Fsp3) is 0.600. The van der Waals surface area contributed by atoms with Gasteiger partial charge in [-0.1, -0.05) is 0 Å². The number of rotatable bonds is 2. The van der Waals surface area contributed by atoms with Gasteiger partial charge in [-0.2, -0.15) is 0 Å². The number of hydrogen-bond donors (Lipinski definition) is 0. The van der Waals surface area contributed by atoms with Crippen molar-refractivity contribution in [2.24, 2.45) is 5.92 Å². The Morgan fingerprint density at radius 2 is 2.14 bits per heavy atom. The summed E-state index contributed by atoms with van der Waals surface area (Å²) in [6, 6.07) is 0. The van der Waals surface area contributed by atoms with Crippen molar-refractivity contribution in [2.75, 3.05) is 13.7 Å². The highest BCUT2D eigenvalue weighted by Gasteiger charge is 2.36. The van der Waals surface area contributed by atoms with Crippen LogP contribution >= 0.6 is 0 Å². The molecule has 1 unspecified atom stereocenters. The number of carbonyl (C=O) groups excluding carboxylic acids is 2. The molecule has 0 bridgehead atoms. The Hall–Kier alpha value is -1.32. The maximum Gasteiger partial charge on any atom is 0.336 e. The molecule has 0 aromatic rings. The van der Waals surface area contributed by atoms with Crippen molar-refractivity contribution in [3.8, 4) is 0 Å². The molecule has 0 radical (unpaired) electrons. The normalized spacial score (nSPS) is 21.9. The van der Waals surface area contributed by atoms with Crippen molar-refractivity contribution < 1.29 is 14.3 Å². The maximum atomic E-state index is 11.5. The van der Waals surface area contributed by atoms with Crippen LogP contribution in [0.3, 0.4) is 0 Å². The largest absolute Gasteiger partial charge is 0.463 e. The molecule has 0 aromatic carbocycles. The van der Waals surface area contributed by atoms with Crippen LogP contribution in [0.4, 0.5) is 0 Å². The van der Waals surface area contributed by atoms with E-state index in [1.807, 2.05) is 0 Å². The molecule has 1 aliphatic heterocycles. The molecule has 1 heterocycles. The van der Waals surface area contributed by atoms with Gasteiger partial charge in [0.1, 0.15) is 0 Å². The number of esters is 1. The Bertz CT molecular complexity index is 306. The third-order valence-electron chi connectivity index (χ3n) is 2.52. The van der Waals surface area contributed by atoms with Gasteiger partial charge in [0.2, 0.25) is 5.91 Å². The Kier molecular flexibility index (Phi) is 2.93. The molecule has 1 aliphatic rings. The van der Waals surface area contributed by atoms with Crippen molar-refractivity contribution >= 4 is 11.9 Å². The number of nitrogens with zero attached hydrogens (tertiary/aromatic N) is 1. The van der Waals surface area contributed by atoms with Crippen molar-refractivity contribution in [3.63, 3.8) is 0 Å². The van der Waals surface area contributed by atoms with E-state index in [-0.39, 0.29) is 17.8 Å². The predicted octanol–water partition coefficient (Wildman–Crippen LogP) is 0.932. The summed E-state index contributed by atoms with van der Waals surface area (Å²) in [6.07, 6.45) is 0. The molecule has 0 aliphatic carbocycles. The Labute approximate surface area is 83.5 Å². The molecule has 78 valence electrons. The monoisotopic (exact) mass is 197 g/mol. The van der Waals surface area contributed by atoms with E-state index in [4.69, 9.17) is 4.74 Å². The van der Waals surface area contributed by atoms with Gasteiger partial charge in [-0.05, 0) is 20.8 Å². The molecule has 0 saturated heterocycles. The first kappa shape index (κ1) is 10.8. The average molecular weight is 197 g/mol. The summed E-state index contributed by atoms with van der Waals surface area (Å²) in [4.78, 5) is 24.5. The first-order valence-electron chi connectivity index (χ1n) is 4.66. The summed E-state index contributed by atoms with van der Waals surface area (Å²) in [5, 5.41) is 0. The number of carbonyl (C=O) groups is 2. The minimum atomic E-state index is -0.379. The van der Waals surface area contributed by atoms with Crippen LogP contribution in [0.15, 0.2) is 11.3 Å². The van der Waals surface area contributed by atoms with Gasteiger partial charge in [0.15, 0.2) is 0 Å². The van der Waals surface area contributed by atoms with Gasteiger partial charge in [-0.3, -0.25) is 4.79 Å². The van der Waals surface area contributed by atoms with E-state index < -0.39 is 0 Å². The second-order valence-electron chi connectivity index (χ2n) is 3.34. The summed E-state index contributed by atoms with van der Waals surface area (Å²) >= 11 is 0. The maximum absolute atomic E-state index is 11.5. The number of amides is 1. The van der Waals surface area contributed by atoms with Crippen LogP contribution < -0.4 is 0 Å². The molecule has 0 saturated carbocycles. The topological polar surface area (TPSA) is 46.6 Å². The Balaban J connectivity index is 2.97. The van der Waals surface area contributed by atoms with E-state index in [1.54, 1.807) is 27.8 Å². The molecule has 0 aromatic heterocycles. The third-order valence-corrected chi connectivity index (χ3v) is 2.52. The van der Waals surface area contributed by atoms with Gasteiger partial charge in [-0.25, -0.2) is 4.79 Å².